The quantitative estimate of drug-likeness (QED) is 0.0594. The van der Waals surface area contributed by atoms with Crippen molar-refractivity contribution >= 4 is 23.9 Å². The van der Waals surface area contributed by atoms with Gasteiger partial charge in [-0.15, -0.1) is 0 Å². The molecule has 5 rings (SSSR count). The number of aliphatic hydroxyl groups is 1. The molecule has 268 valence electrons. The van der Waals surface area contributed by atoms with Crippen molar-refractivity contribution in [1.29, 1.82) is 0 Å². The van der Waals surface area contributed by atoms with Crippen molar-refractivity contribution in [2.45, 2.75) is 49.3 Å². The second kappa shape index (κ2) is 17.7. The first-order valence-corrected chi connectivity index (χ1v) is 16.2. The maximum absolute atomic E-state index is 13.9. The molecule has 1 fully saturated rings. The number of rotatable bonds is 14. The van der Waals surface area contributed by atoms with Crippen LogP contribution in [0.3, 0.4) is 0 Å². The molecule has 0 saturated carbocycles. The Kier molecular flexibility index (Phi) is 12.7. The fourth-order valence-corrected chi connectivity index (χ4v) is 5.57. The lowest BCUT2D eigenvalue weighted by Crippen LogP contribution is -2.65. The average molecular weight is 710 g/mol. The molecule has 52 heavy (non-hydrogen) atoms. The van der Waals surface area contributed by atoms with E-state index in [2.05, 4.69) is 10.0 Å². The highest BCUT2D eigenvalue weighted by molar-refractivity contribution is 5.91. The van der Waals surface area contributed by atoms with Gasteiger partial charge in [0.15, 0.2) is 12.2 Å². The standard InChI is InChI=1S/C38H35N3O11/c1-47-38(37(46)48-24-25-14-6-2-7-15-25)22-29(49-34(43)26-16-8-3-9-17-26)31(40-41-39)33(52-38)32(51-36(45)28-20-12-5-13-21-28)30(23-42)50-35(44)27-18-10-4-11-19-27/h2-21,29-33,42H,22-24H2,1H3/t29-,30+,31+,32+,33+,38-/m0/s1. The molecule has 0 unspecified atom stereocenters. The number of azide groups is 1. The number of ether oxygens (including phenoxy) is 6. The monoisotopic (exact) mass is 709 g/mol. The molecule has 0 spiro atoms. The van der Waals surface area contributed by atoms with E-state index in [-0.39, 0.29) is 23.3 Å². The van der Waals surface area contributed by atoms with Crippen LogP contribution in [-0.2, 0) is 39.8 Å². The molecule has 14 nitrogen and oxygen atoms in total. The lowest BCUT2D eigenvalue weighted by atomic mass is 9.88. The van der Waals surface area contributed by atoms with Gasteiger partial charge < -0.3 is 33.5 Å². The summed E-state index contributed by atoms with van der Waals surface area (Å²) in [6.45, 7) is -1.13. The number of methoxy groups -OCH3 is 1. The molecule has 1 saturated heterocycles. The van der Waals surface area contributed by atoms with Crippen LogP contribution in [-0.4, -0.2) is 78.9 Å². The van der Waals surface area contributed by atoms with Gasteiger partial charge >= 0.3 is 23.9 Å². The molecule has 1 aliphatic heterocycles. The lowest BCUT2D eigenvalue weighted by molar-refractivity contribution is -0.303. The number of hydrogen-bond donors (Lipinski definition) is 1. The number of benzene rings is 4. The SMILES string of the molecule is CO[C@@]1(C(=O)OCc2ccccc2)C[C@H](OC(=O)c2ccccc2)[C@@H](N=[N+]=[N-])[C@H]([C@H](OC(=O)c2ccccc2)[C@@H](CO)OC(=O)c2ccccc2)O1. The minimum atomic E-state index is -2.36. The summed E-state index contributed by atoms with van der Waals surface area (Å²) in [7, 11) is 1.15. The number of aliphatic hydroxyl groups excluding tert-OH is 1. The Morgan fingerprint density at radius 2 is 1.31 bits per heavy atom. The zero-order chi connectivity index (χ0) is 36.9. The Labute approximate surface area is 298 Å². The van der Waals surface area contributed by atoms with Gasteiger partial charge in [-0.05, 0) is 47.5 Å². The van der Waals surface area contributed by atoms with Gasteiger partial charge in [-0.1, -0.05) is 90.0 Å². The molecule has 1 heterocycles. The van der Waals surface area contributed by atoms with Gasteiger partial charge in [0.2, 0.25) is 0 Å². The summed E-state index contributed by atoms with van der Waals surface area (Å²) in [6.07, 6.45) is -7.25. The highest BCUT2D eigenvalue weighted by atomic mass is 16.7. The first-order valence-electron chi connectivity index (χ1n) is 16.2. The van der Waals surface area contributed by atoms with E-state index in [0.29, 0.717) is 5.56 Å². The number of carbonyl (C=O) groups excluding carboxylic acids is 4. The molecule has 0 aliphatic carbocycles. The van der Waals surface area contributed by atoms with Crippen molar-refractivity contribution in [2.24, 2.45) is 5.11 Å². The number of hydrogen-bond acceptors (Lipinski definition) is 12. The van der Waals surface area contributed by atoms with Crippen molar-refractivity contribution in [3.8, 4) is 0 Å². The van der Waals surface area contributed by atoms with Gasteiger partial charge in [0.25, 0.3) is 5.79 Å². The minimum absolute atomic E-state index is 0.0713. The summed E-state index contributed by atoms with van der Waals surface area (Å²) < 4.78 is 35.0. The van der Waals surface area contributed by atoms with Crippen molar-refractivity contribution < 1.29 is 52.7 Å². The molecule has 6 atom stereocenters. The number of esters is 4. The van der Waals surface area contributed by atoms with Crippen LogP contribution >= 0.6 is 0 Å². The lowest BCUT2D eigenvalue weighted by Gasteiger charge is -2.47. The van der Waals surface area contributed by atoms with Crippen LogP contribution in [0.4, 0.5) is 0 Å². The number of carbonyl (C=O) groups is 4. The highest BCUT2D eigenvalue weighted by Crippen LogP contribution is 2.38. The Bertz CT molecular complexity index is 1860. The molecule has 4 aromatic carbocycles. The highest BCUT2D eigenvalue weighted by Gasteiger charge is 2.58. The molecule has 0 aromatic heterocycles. The maximum Gasteiger partial charge on any atom is 0.367 e. The largest absolute Gasteiger partial charge is 0.458 e. The summed E-state index contributed by atoms with van der Waals surface area (Å²) in [5.74, 6) is -6.10. The molecule has 0 radical (unpaired) electrons. The first kappa shape index (κ1) is 37.2. The summed E-state index contributed by atoms with van der Waals surface area (Å²) >= 11 is 0. The van der Waals surface area contributed by atoms with E-state index >= 15 is 0 Å². The Morgan fingerprint density at radius 3 is 1.81 bits per heavy atom. The second-order valence-electron chi connectivity index (χ2n) is 11.5. The minimum Gasteiger partial charge on any atom is -0.458 e. The summed E-state index contributed by atoms with van der Waals surface area (Å²) in [6, 6.07) is 30.7. The molecule has 1 aliphatic rings. The number of nitrogens with zero attached hydrogens (tertiary/aromatic N) is 3. The average Bonchev–Trinajstić information content (AvgIpc) is 3.20. The fraction of sp³-hybridized carbons (Fsp3) is 0.263. The van der Waals surface area contributed by atoms with Crippen LogP contribution in [0.25, 0.3) is 10.4 Å². The van der Waals surface area contributed by atoms with Gasteiger partial charge in [-0.2, -0.15) is 0 Å². The maximum atomic E-state index is 13.9. The van der Waals surface area contributed by atoms with Crippen molar-refractivity contribution in [1.82, 2.24) is 0 Å². The van der Waals surface area contributed by atoms with E-state index in [1.807, 2.05) is 0 Å². The molecular weight excluding hydrogens is 674 g/mol. The van der Waals surface area contributed by atoms with E-state index in [1.165, 1.54) is 36.4 Å². The molecule has 0 amide bonds. The summed E-state index contributed by atoms with van der Waals surface area (Å²) in [5.41, 5.74) is 10.7. The topological polar surface area (TPSA) is 193 Å². The third-order valence-corrected chi connectivity index (χ3v) is 8.21. The van der Waals surface area contributed by atoms with Crippen LogP contribution in [0.5, 0.6) is 0 Å². The van der Waals surface area contributed by atoms with E-state index in [0.717, 1.165) is 7.11 Å². The zero-order valence-corrected chi connectivity index (χ0v) is 27.9. The molecule has 14 heteroatoms. The summed E-state index contributed by atoms with van der Waals surface area (Å²) in [4.78, 5) is 57.2. The van der Waals surface area contributed by atoms with Gasteiger partial charge in [-0.3, -0.25) is 0 Å². The van der Waals surface area contributed by atoms with Crippen LogP contribution < -0.4 is 0 Å². The Morgan fingerprint density at radius 1 is 0.808 bits per heavy atom. The Balaban J connectivity index is 1.59. The summed E-state index contributed by atoms with van der Waals surface area (Å²) in [5, 5.41) is 14.5. The predicted molar refractivity (Wildman–Crippen MR) is 182 cm³/mol. The molecule has 1 N–H and O–H groups in total. The van der Waals surface area contributed by atoms with E-state index < -0.39 is 73.1 Å². The zero-order valence-electron chi connectivity index (χ0n) is 27.9. The van der Waals surface area contributed by atoms with Gasteiger partial charge in [-0.25, -0.2) is 19.2 Å². The molecular formula is C38H35N3O11. The molecule has 4 aromatic rings. The van der Waals surface area contributed by atoms with Gasteiger partial charge in [0.1, 0.15) is 24.9 Å². The van der Waals surface area contributed by atoms with Crippen LogP contribution in [0.1, 0.15) is 43.1 Å². The van der Waals surface area contributed by atoms with Gasteiger partial charge in [0, 0.05) is 12.0 Å². The van der Waals surface area contributed by atoms with Crippen LogP contribution in [0, 0.1) is 0 Å². The smallest absolute Gasteiger partial charge is 0.367 e. The van der Waals surface area contributed by atoms with Gasteiger partial charge in [0.05, 0.1) is 29.7 Å². The third-order valence-electron chi connectivity index (χ3n) is 8.21. The van der Waals surface area contributed by atoms with Crippen molar-refractivity contribution in [3.05, 3.63) is 154 Å². The van der Waals surface area contributed by atoms with Crippen LogP contribution in [0.15, 0.2) is 126 Å². The van der Waals surface area contributed by atoms with Crippen molar-refractivity contribution in [2.75, 3.05) is 13.7 Å². The normalized spacial score (nSPS) is 20.6. The third kappa shape index (κ3) is 8.99. The van der Waals surface area contributed by atoms with Crippen molar-refractivity contribution in [3.63, 3.8) is 0 Å². The predicted octanol–water partition coefficient (Wildman–Crippen LogP) is 5.21. The first-order chi connectivity index (χ1) is 25.3. The van der Waals surface area contributed by atoms with E-state index in [9.17, 15) is 29.8 Å². The molecule has 0 bridgehead atoms. The van der Waals surface area contributed by atoms with E-state index in [4.69, 9.17) is 28.4 Å². The second-order valence-corrected chi connectivity index (χ2v) is 11.5. The Hall–Kier alpha value is -6.05. The fourth-order valence-electron chi connectivity index (χ4n) is 5.57. The van der Waals surface area contributed by atoms with E-state index in [1.54, 1.807) is 84.9 Å². The van der Waals surface area contributed by atoms with Crippen LogP contribution in [0.2, 0.25) is 0 Å².